The van der Waals surface area contributed by atoms with Crippen molar-refractivity contribution in [3.63, 3.8) is 0 Å². The van der Waals surface area contributed by atoms with Crippen LogP contribution in [-0.4, -0.2) is 9.91 Å². The van der Waals surface area contributed by atoms with Crippen LogP contribution in [0.4, 0.5) is 15.8 Å². The number of rotatable bonds is 5. The van der Waals surface area contributed by atoms with Crippen LogP contribution in [0.25, 0.3) is 16.8 Å². The lowest BCUT2D eigenvalue weighted by Crippen LogP contribution is -1.96. The van der Waals surface area contributed by atoms with Gasteiger partial charge < -0.3 is 5.32 Å². The summed E-state index contributed by atoms with van der Waals surface area (Å²) in [4.78, 5) is 14.4. The number of halogens is 3. The zero-order chi connectivity index (χ0) is 20.3. The van der Waals surface area contributed by atoms with Crippen LogP contribution < -0.4 is 5.32 Å². The molecule has 3 rings (SSSR count). The molecule has 2 aromatic carbocycles. The van der Waals surface area contributed by atoms with Crippen molar-refractivity contribution in [1.29, 1.82) is 5.26 Å². The molecule has 0 spiro atoms. The Bertz CT molecular complexity index is 1140. The number of thiazole rings is 1. The van der Waals surface area contributed by atoms with Crippen molar-refractivity contribution < 1.29 is 9.31 Å². The minimum atomic E-state index is -0.940. The van der Waals surface area contributed by atoms with Gasteiger partial charge in [-0.25, -0.2) is 4.98 Å². The number of nitro groups is 1. The molecular weight excluding hydrogens is 426 g/mol. The molecule has 0 radical (unpaired) electrons. The number of hydrogen-bond donors (Lipinski definition) is 1. The van der Waals surface area contributed by atoms with E-state index in [1.165, 1.54) is 23.6 Å². The van der Waals surface area contributed by atoms with E-state index in [2.05, 4.69) is 10.3 Å². The lowest BCUT2D eigenvalue weighted by Gasteiger charge is -2.02. The number of nitrogens with zero attached hydrogens (tertiary/aromatic N) is 3. The van der Waals surface area contributed by atoms with Crippen molar-refractivity contribution in [2.75, 3.05) is 5.32 Å². The highest BCUT2D eigenvalue weighted by atomic mass is 35.5. The normalized spacial score (nSPS) is 11.1. The zero-order valence-corrected chi connectivity index (χ0v) is 16.1. The molecule has 0 saturated carbocycles. The van der Waals surface area contributed by atoms with Crippen LogP contribution in [0.1, 0.15) is 5.01 Å². The van der Waals surface area contributed by atoms with Crippen molar-refractivity contribution in [2.45, 2.75) is 0 Å². The van der Waals surface area contributed by atoms with Gasteiger partial charge in [-0.2, -0.15) is 9.65 Å². The summed E-state index contributed by atoms with van der Waals surface area (Å²) in [5.74, 6) is -0.940. The molecule has 1 aromatic heterocycles. The number of aromatic nitrogens is 1. The minimum Gasteiger partial charge on any atom is -0.360 e. The van der Waals surface area contributed by atoms with E-state index >= 15 is 0 Å². The van der Waals surface area contributed by atoms with Gasteiger partial charge in [-0.1, -0.05) is 23.2 Å². The molecule has 1 N–H and O–H groups in total. The first-order chi connectivity index (χ1) is 13.4. The van der Waals surface area contributed by atoms with Crippen molar-refractivity contribution in [1.82, 2.24) is 4.98 Å². The standard InChI is InChI=1S/C18H9Cl2FN4O2S/c19-11-1-3-13(14(20)5-11)16-9-28-18(24-16)10(7-22)8-23-12-2-4-15(21)17(6-12)25(26)27/h1-6,8-9,23H. The fraction of sp³-hybridized carbons (Fsp3) is 0. The number of anilines is 1. The number of nitriles is 1. The Morgan fingerprint density at radius 3 is 2.79 bits per heavy atom. The smallest absolute Gasteiger partial charge is 0.306 e. The molecule has 0 aliphatic rings. The van der Waals surface area contributed by atoms with Gasteiger partial charge in [0.05, 0.1) is 15.6 Å². The van der Waals surface area contributed by atoms with E-state index in [9.17, 15) is 19.8 Å². The maximum Gasteiger partial charge on any atom is 0.306 e. The van der Waals surface area contributed by atoms with Gasteiger partial charge in [-0.3, -0.25) is 10.1 Å². The predicted octanol–water partition coefficient (Wildman–Crippen LogP) is 6.14. The second kappa shape index (κ2) is 8.35. The van der Waals surface area contributed by atoms with Crippen LogP contribution in [0.5, 0.6) is 0 Å². The van der Waals surface area contributed by atoms with E-state index in [4.69, 9.17) is 23.2 Å². The molecule has 6 nitrogen and oxygen atoms in total. The van der Waals surface area contributed by atoms with E-state index < -0.39 is 16.4 Å². The van der Waals surface area contributed by atoms with E-state index in [1.54, 1.807) is 23.6 Å². The van der Waals surface area contributed by atoms with Gasteiger partial charge in [-0.05, 0) is 30.3 Å². The largest absolute Gasteiger partial charge is 0.360 e. The average molecular weight is 435 g/mol. The van der Waals surface area contributed by atoms with E-state index in [-0.39, 0.29) is 11.3 Å². The molecular formula is C18H9Cl2FN4O2S. The third-order valence-corrected chi connectivity index (χ3v) is 5.01. The van der Waals surface area contributed by atoms with Gasteiger partial charge in [0.25, 0.3) is 0 Å². The van der Waals surface area contributed by atoms with Crippen LogP contribution in [0, 0.1) is 27.3 Å². The van der Waals surface area contributed by atoms with Gasteiger partial charge in [0, 0.05) is 33.9 Å². The first-order valence-corrected chi connectivity index (χ1v) is 9.24. The third kappa shape index (κ3) is 4.28. The topological polar surface area (TPSA) is 91.8 Å². The van der Waals surface area contributed by atoms with E-state index in [0.717, 1.165) is 12.1 Å². The average Bonchev–Trinajstić information content (AvgIpc) is 3.13. The Hall–Kier alpha value is -2.99. The van der Waals surface area contributed by atoms with Crippen LogP contribution >= 0.6 is 34.5 Å². The Morgan fingerprint density at radius 2 is 2.11 bits per heavy atom. The second-order valence-electron chi connectivity index (χ2n) is 5.40. The lowest BCUT2D eigenvalue weighted by molar-refractivity contribution is -0.387. The summed E-state index contributed by atoms with van der Waals surface area (Å²) in [5, 5.41) is 26.1. The second-order valence-corrected chi connectivity index (χ2v) is 7.10. The summed E-state index contributed by atoms with van der Waals surface area (Å²) >= 11 is 13.3. The molecule has 10 heteroatoms. The molecule has 0 aliphatic carbocycles. The first kappa shape index (κ1) is 19.8. The molecule has 28 heavy (non-hydrogen) atoms. The number of benzene rings is 2. The maximum absolute atomic E-state index is 13.4. The van der Waals surface area contributed by atoms with Crippen LogP contribution in [0.15, 0.2) is 48.0 Å². The van der Waals surface area contributed by atoms with E-state index in [1.807, 2.05) is 6.07 Å². The molecule has 3 aromatic rings. The van der Waals surface area contributed by atoms with Gasteiger partial charge in [-0.15, -0.1) is 11.3 Å². The van der Waals surface area contributed by atoms with Crippen LogP contribution in [-0.2, 0) is 0 Å². The SMILES string of the molecule is N#CC(=CNc1ccc(F)c([N+](=O)[O-])c1)c1nc(-c2ccc(Cl)cc2Cl)cs1. The molecule has 0 atom stereocenters. The van der Waals surface area contributed by atoms with Crippen molar-refractivity contribution in [3.05, 3.63) is 79.0 Å². The Balaban J connectivity index is 1.86. The number of hydrogen-bond acceptors (Lipinski definition) is 6. The summed E-state index contributed by atoms with van der Waals surface area (Å²) in [6.45, 7) is 0. The lowest BCUT2D eigenvalue weighted by atomic mass is 10.2. The first-order valence-electron chi connectivity index (χ1n) is 7.61. The summed E-state index contributed by atoms with van der Waals surface area (Å²) in [6, 6.07) is 10.4. The zero-order valence-electron chi connectivity index (χ0n) is 13.8. The highest BCUT2D eigenvalue weighted by Crippen LogP contribution is 2.32. The minimum absolute atomic E-state index is 0.202. The molecule has 140 valence electrons. The van der Waals surface area contributed by atoms with Crippen molar-refractivity contribution in [3.8, 4) is 17.3 Å². The highest BCUT2D eigenvalue weighted by molar-refractivity contribution is 7.11. The van der Waals surface area contributed by atoms with Gasteiger partial charge in [0.2, 0.25) is 5.82 Å². The molecule has 0 unspecified atom stereocenters. The molecule has 0 aliphatic heterocycles. The van der Waals surface area contributed by atoms with Gasteiger partial charge in [0.15, 0.2) is 0 Å². The number of nitrogens with one attached hydrogen (secondary N) is 1. The fourth-order valence-electron chi connectivity index (χ4n) is 2.26. The molecule has 0 amide bonds. The maximum atomic E-state index is 13.4. The monoisotopic (exact) mass is 434 g/mol. The Kier molecular flexibility index (Phi) is 5.90. The van der Waals surface area contributed by atoms with Gasteiger partial charge >= 0.3 is 5.69 Å². The predicted molar refractivity (Wildman–Crippen MR) is 108 cm³/mol. The summed E-state index contributed by atoms with van der Waals surface area (Å²) in [5.41, 5.74) is 1.06. The number of allylic oxidation sites excluding steroid dienone is 1. The highest BCUT2D eigenvalue weighted by Gasteiger charge is 2.15. The fourth-order valence-corrected chi connectivity index (χ4v) is 3.55. The summed E-state index contributed by atoms with van der Waals surface area (Å²) < 4.78 is 13.4. The van der Waals surface area contributed by atoms with Gasteiger partial charge in [0.1, 0.15) is 16.6 Å². The molecule has 0 fully saturated rings. The quantitative estimate of drug-likeness (QED) is 0.295. The van der Waals surface area contributed by atoms with Crippen LogP contribution in [0.3, 0.4) is 0 Å². The van der Waals surface area contributed by atoms with E-state index in [0.29, 0.717) is 26.3 Å². The molecule has 1 heterocycles. The summed E-state index contributed by atoms with van der Waals surface area (Å²) in [6.07, 6.45) is 1.35. The van der Waals surface area contributed by atoms with Crippen molar-refractivity contribution >= 4 is 51.5 Å². The van der Waals surface area contributed by atoms with Crippen LogP contribution in [0.2, 0.25) is 10.0 Å². The number of nitro benzene ring substituents is 1. The summed E-state index contributed by atoms with van der Waals surface area (Å²) in [7, 11) is 0. The Morgan fingerprint density at radius 1 is 1.32 bits per heavy atom. The molecule has 0 bridgehead atoms. The molecule has 0 saturated heterocycles. The third-order valence-electron chi connectivity index (χ3n) is 3.59. The Labute approximate surface area is 172 Å². The van der Waals surface area contributed by atoms with Crippen molar-refractivity contribution in [2.24, 2.45) is 0 Å².